The molecule has 0 amide bonds. The fraction of sp³-hybridized carbons (Fsp3) is 0.333. The number of hydrogen-bond acceptors (Lipinski definition) is 3. The molecule has 1 N–H and O–H groups in total. The zero-order valence-corrected chi connectivity index (χ0v) is 7.16. The van der Waals surface area contributed by atoms with E-state index in [0.29, 0.717) is 5.69 Å². The van der Waals surface area contributed by atoms with Gasteiger partial charge in [-0.15, -0.1) is 4.91 Å². The third-order valence-electron chi connectivity index (χ3n) is 2.06. The molecule has 0 aliphatic carbocycles. The first-order valence-corrected chi connectivity index (χ1v) is 3.74. The SMILES string of the molecule is Cc1ccc(N=O)c(C)c1CO. The van der Waals surface area contributed by atoms with E-state index >= 15 is 0 Å². The van der Waals surface area contributed by atoms with Crippen LogP contribution in [0.2, 0.25) is 0 Å². The van der Waals surface area contributed by atoms with E-state index in [2.05, 4.69) is 5.18 Å². The van der Waals surface area contributed by atoms with Crippen molar-refractivity contribution < 1.29 is 5.11 Å². The van der Waals surface area contributed by atoms with Crippen molar-refractivity contribution in [1.82, 2.24) is 0 Å². The summed E-state index contributed by atoms with van der Waals surface area (Å²) < 4.78 is 0. The molecule has 3 heteroatoms. The van der Waals surface area contributed by atoms with E-state index in [9.17, 15) is 4.91 Å². The summed E-state index contributed by atoms with van der Waals surface area (Å²) in [5, 5.41) is 11.8. The van der Waals surface area contributed by atoms with Crippen molar-refractivity contribution in [1.29, 1.82) is 0 Å². The van der Waals surface area contributed by atoms with Crippen molar-refractivity contribution in [3.05, 3.63) is 33.7 Å². The Morgan fingerprint density at radius 3 is 2.58 bits per heavy atom. The van der Waals surface area contributed by atoms with E-state index in [1.165, 1.54) is 0 Å². The van der Waals surface area contributed by atoms with Crippen molar-refractivity contribution in [2.75, 3.05) is 0 Å². The van der Waals surface area contributed by atoms with Gasteiger partial charge in [-0.3, -0.25) is 0 Å². The highest BCUT2D eigenvalue weighted by atomic mass is 16.3. The lowest BCUT2D eigenvalue weighted by atomic mass is 10.0. The summed E-state index contributed by atoms with van der Waals surface area (Å²) >= 11 is 0. The zero-order chi connectivity index (χ0) is 9.14. The smallest absolute Gasteiger partial charge is 0.111 e. The van der Waals surface area contributed by atoms with Gasteiger partial charge in [0.05, 0.1) is 6.61 Å². The monoisotopic (exact) mass is 165 g/mol. The molecular weight excluding hydrogens is 154 g/mol. The molecule has 1 aromatic carbocycles. The third-order valence-corrected chi connectivity index (χ3v) is 2.06. The minimum Gasteiger partial charge on any atom is -0.392 e. The van der Waals surface area contributed by atoms with Gasteiger partial charge < -0.3 is 5.11 Å². The molecule has 0 atom stereocenters. The van der Waals surface area contributed by atoms with Crippen LogP contribution in [-0.4, -0.2) is 5.11 Å². The molecule has 0 radical (unpaired) electrons. The first-order chi connectivity index (χ1) is 5.70. The topological polar surface area (TPSA) is 49.7 Å². The number of rotatable bonds is 2. The molecular formula is C9H11NO2. The van der Waals surface area contributed by atoms with Crippen LogP contribution in [0.25, 0.3) is 0 Å². The fourth-order valence-corrected chi connectivity index (χ4v) is 1.22. The van der Waals surface area contributed by atoms with Gasteiger partial charge in [-0.1, -0.05) is 6.07 Å². The third kappa shape index (κ3) is 1.36. The largest absolute Gasteiger partial charge is 0.392 e. The van der Waals surface area contributed by atoms with E-state index in [-0.39, 0.29) is 6.61 Å². The number of hydrogen-bond donors (Lipinski definition) is 1. The summed E-state index contributed by atoms with van der Waals surface area (Å²) in [6.45, 7) is 3.64. The molecule has 1 aromatic rings. The first kappa shape index (κ1) is 8.87. The van der Waals surface area contributed by atoms with Crippen LogP contribution in [0, 0.1) is 18.8 Å². The highest BCUT2D eigenvalue weighted by molar-refractivity contribution is 5.51. The summed E-state index contributed by atoms with van der Waals surface area (Å²) in [5.74, 6) is 0. The molecule has 0 aromatic heterocycles. The highest BCUT2D eigenvalue weighted by Gasteiger charge is 2.05. The molecule has 0 saturated heterocycles. The molecule has 0 fully saturated rings. The Labute approximate surface area is 71.0 Å². The molecule has 64 valence electrons. The molecule has 0 aliphatic rings. The lowest BCUT2D eigenvalue weighted by molar-refractivity contribution is 0.280. The molecule has 0 bridgehead atoms. The van der Waals surface area contributed by atoms with Crippen LogP contribution in [0.3, 0.4) is 0 Å². The molecule has 0 saturated carbocycles. The van der Waals surface area contributed by atoms with Crippen molar-refractivity contribution in [2.45, 2.75) is 20.5 Å². The lowest BCUT2D eigenvalue weighted by Gasteiger charge is -2.06. The standard InChI is InChI=1S/C9H11NO2/c1-6-3-4-9(10-12)7(2)8(6)5-11/h3-4,11H,5H2,1-2H3. The number of nitrogens with zero attached hydrogens (tertiary/aromatic N) is 1. The van der Waals surface area contributed by atoms with Gasteiger partial charge in [0.2, 0.25) is 0 Å². The molecule has 12 heavy (non-hydrogen) atoms. The van der Waals surface area contributed by atoms with Gasteiger partial charge in [0.1, 0.15) is 5.69 Å². The van der Waals surface area contributed by atoms with E-state index in [1.807, 2.05) is 6.92 Å². The number of aliphatic hydroxyl groups excluding tert-OH is 1. The zero-order valence-electron chi connectivity index (χ0n) is 7.16. The summed E-state index contributed by atoms with van der Waals surface area (Å²) in [5.41, 5.74) is 2.96. The summed E-state index contributed by atoms with van der Waals surface area (Å²) in [6.07, 6.45) is 0. The van der Waals surface area contributed by atoms with Crippen LogP contribution >= 0.6 is 0 Å². The predicted molar refractivity (Wildman–Crippen MR) is 47.3 cm³/mol. The van der Waals surface area contributed by atoms with Crippen molar-refractivity contribution in [3.63, 3.8) is 0 Å². The van der Waals surface area contributed by atoms with Gasteiger partial charge >= 0.3 is 0 Å². The second kappa shape index (κ2) is 3.45. The second-order valence-electron chi connectivity index (χ2n) is 2.75. The Morgan fingerprint density at radius 1 is 1.42 bits per heavy atom. The average molecular weight is 165 g/mol. The van der Waals surface area contributed by atoms with Crippen LogP contribution in [0.4, 0.5) is 5.69 Å². The molecule has 0 aliphatic heterocycles. The second-order valence-corrected chi connectivity index (χ2v) is 2.75. The van der Waals surface area contributed by atoms with Gasteiger partial charge in [0.15, 0.2) is 0 Å². The maximum Gasteiger partial charge on any atom is 0.111 e. The quantitative estimate of drug-likeness (QED) is 0.683. The summed E-state index contributed by atoms with van der Waals surface area (Å²) in [7, 11) is 0. The Hall–Kier alpha value is -1.22. The summed E-state index contributed by atoms with van der Waals surface area (Å²) in [4.78, 5) is 10.3. The lowest BCUT2D eigenvalue weighted by Crippen LogP contribution is -1.92. The van der Waals surface area contributed by atoms with Crippen LogP contribution in [0.5, 0.6) is 0 Å². The minimum atomic E-state index is -0.0406. The number of aryl methyl sites for hydroxylation is 1. The number of benzene rings is 1. The molecule has 3 nitrogen and oxygen atoms in total. The number of aliphatic hydroxyl groups is 1. The van der Waals surface area contributed by atoms with Gasteiger partial charge in [-0.25, -0.2) is 0 Å². The molecule has 0 spiro atoms. The van der Waals surface area contributed by atoms with Crippen molar-refractivity contribution >= 4 is 5.69 Å². The van der Waals surface area contributed by atoms with E-state index in [1.54, 1.807) is 19.1 Å². The van der Waals surface area contributed by atoms with E-state index < -0.39 is 0 Å². The molecule has 0 heterocycles. The van der Waals surface area contributed by atoms with Crippen LogP contribution in [-0.2, 0) is 6.61 Å². The maximum absolute atomic E-state index is 10.3. The van der Waals surface area contributed by atoms with Gasteiger partial charge in [0, 0.05) is 0 Å². The van der Waals surface area contributed by atoms with Crippen LogP contribution in [0.15, 0.2) is 17.3 Å². The van der Waals surface area contributed by atoms with E-state index in [4.69, 9.17) is 5.11 Å². The van der Waals surface area contributed by atoms with E-state index in [0.717, 1.165) is 16.7 Å². The summed E-state index contributed by atoms with van der Waals surface area (Å²) in [6, 6.07) is 3.45. The minimum absolute atomic E-state index is 0.0406. The maximum atomic E-state index is 10.3. The molecule has 1 rings (SSSR count). The Bertz CT molecular complexity index is 308. The van der Waals surface area contributed by atoms with Gasteiger partial charge in [-0.2, -0.15) is 0 Å². The highest BCUT2D eigenvalue weighted by Crippen LogP contribution is 2.24. The number of nitroso groups, excluding NO2 is 1. The van der Waals surface area contributed by atoms with Crippen LogP contribution in [0.1, 0.15) is 16.7 Å². The van der Waals surface area contributed by atoms with Gasteiger partial charge in [0.25, 0.3) is 0 Å². The Kier molecular flexibility index (Phi) is 2.55. The first-order valence-electron chi connectivity index (χ1n) is 3.74. The fourth-order valence-electron chi connectivity index (χ4n) is 1.22. The van der Waals surface area contributed by atoms with Crippen molar-refractivity contribution in [2.24, 2.45) is 5.18 Å². The van der Waals surface area contributed by atoms with Crippen LogP contribution < -0.4 is 0 Å². The Morgan fingerprint density at radius 2 is 2.08 bits per heavy atom. The van der Waals surface area contributed by atoms with Gasteiger partial charge in [-0.05, 0) is 41.8 Å². The Balaban J connectivity index is 3.33. The normalized spacial score (nSPS) is 9.92. The molecule has 0 unspecified atom stereocenters. The van der Waals surface area contributed by atoms with Crippen molar-refractivity contribution in [3.8, 4) is 0 Å². The average Bonchev–Trinajstić information content (AvgIpc) is 2.06. The predicted octanol–water partition coefficient (Wildman–Crippen LogP) is 2.19.